The van der Waals surface area contributed by atoms with Gasteiger partial charge in [-0.1, -0.05) is 13.8 Å². The Kier molecular flexibility index (Phi) is 6.06. The number of fused-ring (bicyclic) bond motifs is 1. The first kappa shape index (κ1) is 21.3. The van der Waals surface area contributed by atoms with Crippen molar-refractivity contribution in [1.29, 1.82) is 0 Å². The first-order chi connectivity index (χ1) is 14.3. The van der Waals surface area contributed by atoms with E-state index in [9.17, 15) is 23.3 Å². The highest BCUT2D eigenvalue weighted by atomic mass is 19.4. The van der Waals surface area contributed by atoms with Gasteiger partial charge in [-0.05, 0) is 24.3 Å². The number of alkyl halides is 3. The molecule has 9 nitrogen and oxygen atoms in total. The van der Waals surface area contributed by atoms with Gasteiger partial charge in [-0.25, -0.2) is 9.97 Å². The van der Waals surface area contributed by atoms with E-state index < -0.39 is 11.3 Å². The maximum absolute atomic E-state index is 12.3. The number of nitrogens with zero attached hydrogens (tertiary/aromatic N) is 4. The van der Waals surface area contributed by atoms with Gasteiger partial charge in [0.1, 0.15) is 17.5 Å². The molecule has 1 fully saturated rings. The summed E-state index contributed by atoms with van der Waals surface area (Å²) in [5, 5.41) is 14.0. The smallest absolute Gasteiger partial charge is 0.406 e. The van der Waals surface area contributed by atoms with E-state index in [1.165, 1.54) is 30.3 Å². The van der Waals surface area contributed by atoms with E-state index in [0.29, 0.717) is 36.0 Å². The van der Waals surface area contributed by atoms with Crippen LogP contribution in [0, 0.1) is 10.1 Å². The zero-order chi connectivity index (χ0) is 21.9. The van der Waals surface area contributed by atoms with Crippen molar-refractivity contribution in [2.45, 2.75) is 26.3 Å². The number of hydrogen-bond acceptors (Lipinski definition) is 7. The van der Waals surface area contributed by atoms with Crippen LogP contribution in [0.1, 0.15) is 19.9 Å². The molecule has 2 aromatic heterocycles. The Bertz CT molecular complexity index is 1030. The third-order valence-corrected chi connectivity index (χ3v) is 4.06. The number of benzene rings is 1. The lowest BCUT2D eigenvalue weighted by Gasteiger charge is -2.28. The fourth-order valence-corrected chi connectivity index (χ4v) is 2.75. The van der Waals surface area contributed by atoms with Crippen molar-refractivity contribution in [2.75, 3.05) is 18.5 Å². The molecule has 1 aliphatic heterocycles. The summed E-state index contributed by atoms with van der Waals surface area (Å²) >= 11 is 0. The second-order valence-electron chi connectivity index (χ2n) is 5.99. The van der Waals surface area contributed by atoms with Crippen LogP contribution >= 0.6 is 0 Å². The number of hydrogen-bond donors (Lipinski definition) is 1. The second-order valence-corrected chi connectivity index (χ2v) is 5.99. The summed E-state index contributed by atoms with van der Waals surface area (Å²) in [6, 6.07) is 6.38. The highest BCUT2D eigenvalue weighted by Gasteiger charge is 2.31. The number of imidazole rings is 1. The predicted octanol–water partition coefficient (Wildman–Crippen LogP) is 4.58. The molecule has 3 heterocycles. The summed E-state index contributed by atoms with van der Waals surface area (Å²) in [7, 11) is 0. The summed E-state index contributed by atoms with van der Waals surface area (Å²) < 4.78 is 47.6. The van der Waals surface area contributed by atoms with Crippen molar-refractivity contribution in [3.63, 3.8) is 0 Å². The number of rotatable bonds is 5. The SMILES string of the molecule is CC.O=[N+]([O-])c1cnc2c(c1)nc(Nc1ccc(OC(F)(F)F)cc1)n2C1COC1. The number of nitrogens with one attached hydrogen (secondary N) is 1. The van der Waals surface area contributed by atoms with Gasteiger partial charge in [0, 0.05) is 11.8 Å². The lowest BCUT2D eigenvalue weighted by atomic mass is 10.2. The Morgan fingerprint density at radius 3 is 2.47 bits per heavy atom. The zero-order valence-corrected chi connectivity index (χ0v) is 16.0. The van der Waals surface area contributed by atoms with Gasteiger partial charge in [0.05, 0.1) is 24.2 Å². The molecule has 1 aliphatic rings. The van der Waals surface area contributed by atoms with E-state index >= 15 is 0 Å². The molecule has 0 atom stereocenters. The largest absolute Gasteiger partial charge is 0.573 e. The normalized spacial score (nSPS) is 13.9. The lowest BCUT2D eigenvalue weighted by molar-refractivity contribution is -0.385. The fourth-order valence-electron chi connectivity index (χ4n) is 2.75. The molecule has 12 heteroatoms. The molecule has 1 aromatic carbocycles. The Balaban J connectivity index is 0.00000124. The summed E-state index contributed by atoms with van der Waals surface area (Å²) in [5.41, 5.74) is 1.03. The molecule has 0 amide bonds. The van der Waals surface area contributed by atoms with Crippen molar-refractivity contribution in [1.82, 2.24) is 14.5 Å². The van der Waals surface area contributed by atoms with Gasteiger partial charge < -0.3 is 14.8 Å². The summed E-state index contributed by atoms with van der Waals surface area (Å²) in [4.78, 5) is 18.9. The standard InChI is InChI=1S/C16H12F3N5O4.C2H6/c17-16(18,19)28-12-3-1-9(2-4-12)21-15-22-13-5-10(24(25)26)6-20-14(13)23(15)11-7-27-8-11;1-2/h1-6,11H,7-8H2,(H,21,22);1-2H3. The molecule has 160 valence electrons. The van der Waals surface area contributed by atoms with Gasteiger partial charge in [-0.3, -0.25) is 14.7 Å². The van der Waals surface area contributed by atoms with Crippen LogP contribution in [0.15, 0.2) is 36.5 Å². The Morgan fingerprint density at radius 2 is 1.93 bits per heavy atom. The summed E-state index contributed by atoms with van der Waals surface area (Å²) in [6.45, 7) is 4.86. The number of pyridine rings is 1. The van der Waals surface area contributed by atoms with Crippen molar-refractivity contribution in [3.05, 3.63) is 46.6 Å². The van der Waals surface area contributed by atoms with Crippen LogP contribution in [-0.4, -0.2) is 39.0 Å². The van der Waals surface area contributed by atoms with Gasteiger partial charge in [-0.2, -0.15) is 0 Å². The second kappa shape index (κ2) is 8.53. The maximum atomic E-state index is 12.3. The average molecular weight is 425 g/mol. The van der Waals surface area contributed by atoms with Crippen molar-refractivity contribution in [3.8, 4) is 5.75 Å². The number of ether oxygens (including phenoxy) is 2. The van der Waals surface area contributed by atoms with E-state index in [4.69, 9.17) is 4.74 Å². The van der Waals surface area contributed by atoms with Crippen LogP contribution in [0.25, 0.3) is 11.2 Å². The molecular weight excluding hydrogens is 407 g/mol. The molecule has 30 heavy (non-hydrogen) atoms. The topological polar surface area (TPSA) is 104 Å². The molecule has 0 radical (unpaired) electrons. The quantitative estimate of drug-likeness (QED) is 0.471. The molecule has 3 aromatic rings. The number of anilines is 2. The van der Waals surface area contributed by atoms with Gasteiger partial charge in [0.2, 0.25) is 5.95 Å². The minimum absolute atomic E-state index is 0.0608. The monoisotopic (exact) mass is 425 g/mol. The summed E-state index contributed by atoms with van der Waals surface area (Å²) in [5.74, 6) is -0.00275. The molecule has 0 spiro atoms. The lowest BCUT2D eigenvalue weighted by Crippen LogP contribution is -2.31. The van der Waals surface area contributed by atoms with E-state index in [0.717, 1.165) is 6.20 Å². The third-order valence-electron chi connectivity index (χ3n) is 4.06. The predicted molar refractivity (Wildman–Crippen MR) is 102 cm³/mol. The van der Waals surface area contributed by atoms with E-state index in [2.05, 4.69) is 20.0 Å². The van der Waals surface area contributed by atoms with Gasteiger partial charge in [-0.15, -0.1) is 13.2 Å². The Hall–Kier alpha value is -3.41. The molecule has 4 rings (SSSR count). The van der Waals surface area contributed by atoms with Crippen molar-refractivity contribution >= 4 is 28.5 Å². The zero-order valence-electron chi connectivity index (χ0n) is 16.0. The molecule has 0 saturated carbocycles. The van der Waals surface area contributed by atoms with Crippen LogP contribution in [0.4, 0.5) is 30.5 Å². The number of halogens is 3. The fraction of sp³-hybridized carbons (Fsp3) is 0.333. The first-order valence-electron chi connectivity index (χ1n) is 9.03. The van der Waals surface area contributed by atoms with Crippen LogP contribution in [0.5, 0.6) is 5.75 Å². The van der Waals surface area contributed by atoms with E-state index in [1.807, 2.05) is 13.8 Å². The van der Waals surface area contributed by atoms with Crippen LogP contribution in [-0.2, 0) is 4.74 Å². The highest BCUT2D eigenvalue weighted by molar-refractivity contribution is 5.78. The number of aromatic nitrogens is 3. The molecular formula is C18H18F3N5O4. The van der Waals surface area contributed by atoms with Crippen molar-refractivity contribution < 1.29 is 27.6 Å². The van der Waals surface area contributed by atoms with Gasteiger partial charge in [0.25, 0.3) is 5.69 Å². The minimum atomic E-state index is -4.77. The van der Waals surface area contributed by atoms with Crippen LogP contribution in [0.2, 0.25) is 0 Å². The molecule has 1 N–H and O–H groups in total. The van der Waals surface area contributed by atoms with Crippen molar-refractivity contribution in [2.24, 2.45) is 0 Å². The summed E-state index contributed by atoms with van der Waals surface area (Å²) in [6.07, 6.45) is -3.62. The molecule has 0 aliphatic carbocycles. The third kappa shape index (κ3) is 4.59. The van der Waals surface area contributed by atoms with Crippen LogP contribution in [0.3, 0.4) is 0 Å². The first-order valence-corrected chi connectivity index (χ1v) is 9.03. The Morgan fingerprint density at radius 1 is 1.27 bits per heavy atom. The molecule has 0 bridgehead atoms. The van der Waals surface area contributed by atoms with E-state index in [1.54, 1.807) is 4.57 Å². The number of nitro groups is 1. The van der Waals surface area contributed by atoms with E-state index in [-0.39, 0.29) is 17.5 Å². The van der Waals surface area contributed by atoms with Gasteiger partial charge >= 0.3 is 6.36 Å². The highest BCUT2D eigenvalue weighted by Crippen LogP contribution is 2.31. The Labute approximate surface area is 168 Å². The molecule has 0 unspecified atom stereocenters. The average Bonchev–Trinajstić information content (AvgIpc) is 2.99. The minimum Gasteiger partial charge on any atom is -0.406 e. The molecule has 1 saturated heterocycles. The maximum Gasteiger partial charge on any atom is 0.573 e. The van der Waals surface area contributed by atoms with Crippen LogP contribution < -0.4 is 10.1 Å². The van der Waals surface area contributed by atoms with Gasteiger partial charge in [0.15, 0.2) is 5.65 Å².